The van der Waals surface area contributed by atoms with E-state index in [0.29, 0.717) is 15.8 Å². The lowest BCUT2D eigenvalue weighted by Crippen LogP contribution is -1.92. The number of halogens is 2. The molecule has 21 heavy (non-hydrogen) atoms. The van der Waals surface area contributed by atoms with Crippen LogP contribution in [0.2, 0.25) is 0 Å². The van der Waals surface area contributed by atoms with Crippen molar-refractivity contribution in [1.29, 1.82) is 0 Å². The van der Waals surface area contributed by atoms with Crippen LogP contribution in [0, 0.1) is 0 Å². The summed E-state index contributed by atoms with van der Waals surface area (Å²) in [6.45, 7) is 9.70. The highest BCUT2D eigenvalue weighted by Crippen LogP contribution is 2.47. The maximum Gasteiger partial charge on any atom is -0.0125 e. The Morgan fingerprint density at radius 2 is 0.857 bits per heavy atom. The van der Waals surface area contributed by atoms with Gasteiger partial charge in [0.1, 0.15) is 0 Å². The summed E-state index contributed by atoms with van der Waals surface area (Å²) in [7, 11) is 0.721. The summed E-state index contributed by atoms with van der Waals surface area (Å²) >= 11 is 0. The molecular formula is C17H40Br2P2. The van der Waals surface area contributed by atoms with E-state index in [9.17, 15) is 0 Å². The van der Waals surface area contributed by atoms with E-state index in [1.165, 1.54) is 64.2 Å². The minimum absolute atomic E-state index is 0. The molecule has 0 aromatic rings. The molecule has 4 heteroatoms. The van der Waals surface area contributed by atoms with E-state index in [1.54, 1.807) is 18.2 Å². The SMILES string of the molecule is Br.Br.CCCCCCCP(C)CP(C)CCCCCCC. The van der Waals surface area contributed by atoms with Gasteiger partial charge in [0.25, 0.3) is 0 Å². The molecule has 0 heterocycles. The molecule has 0 aliphatic carbocycles. The molecule has 0 aromatic heterocycles. The van der Waals surface area contributed by atoms with Crippen molar-refractivity contribution in [3.8, 4) is 0 Å². The van der Waals surface area contributed by atoms with Crippen molar-refractivity contribution in [3.05, 3.63) is 0 Å². The Morgan fingerprint density at radius 3 is 1.19 bits per heavy atom. The number of hydrogen-bond acceptors (Lipinski definition) is 0. The van der Waals surface area contributed by atoms with Crippen molar-refractivity contribution < 1.29 is 0 Å². The number of unbranched alkanes of at least 4 members (excludes halogenated alkanes) is 8. The first-order valence-corrected chi connectivity index (χ1v) is 12.9. The van der Waals surface area contributed by atoms with Gasteiger partial charge in [-0.25, -0.2) is 0 Å². The second-order valence-corrected chi connectivity index (χ2v) is 11.6. The molecule has 2 atom stereocenters. The molecule has 0 spiro atoms. The van der Waals surface area contributed by atoms with Crippen LogP contribution in [-0.4, -0.2) is 31.6 Å². The monoisotopic (exact) mass is 464 g/mol. The zero-order chi connectivity index (χ0) is 14.3. The molecule has 0 radical (unpaired) electrons. The van der Waals surface area contributed by atoms with Crippen molar-refractivity contribution in [2.75, 3.05) is 31.6 Å². The summed E-state index contributed by atoms with van der Waals surface area (Å²) in [4.78, 5) is 0. The molecule has 0 rings (SSSR count). The third-order valence-corrected chi connectivity index (χ3v) is 9.79. The topological polar surface area (TPSA) is 0 Å². The standard InChI is InChI=1S/C17H38P2.2BrH/c1-5-7-9-11-13-15-18(3)17-19(4)16-14-12-10-8-6-2;;/h5-17H2,1-4H3;2*1H. The van der Waals surface area contributed by atoms with Gasteiger partial charge >= 0.3 is 0 Å². The van der Waals surface area contributed by atoms with Crippen molar-refractivity contribution in [2.45, 2.75) is 78.1 Å². The highest BCUT2D eigenvalue weighted by molar-refractivity contribution is 8.93. The van der Waals surface area contributed by atoms with Gasteiger partial charge in [0.2, 0.25) is 0 Å². The quantitative estimate of drug-likeness (QED) is 0.179. The molecule has 0 bridgehead atoms. The van der Waals surface area contributed by atoms with Crippen LogP contribution >= 0.6 is 49.8 Å². The predicted molar refractivity (Wildman–Crippen MR) is 118 cm³/mol. The van der Waals surface area contributed by atoms with Crippen LogP contribution in [0.3, 0.4) is 0 Å². The van der Waals surface area contributed by atoms with E-state index in [0.717, 1.165) is 0 Å². The summed E-state index contributed by atoms with van der Waals surface area (Å²) in [5.41, 5.74) is 0. The molecular weight excluding hydrogens is 426 g/mol. The third-order valence-electron chi connectivity index (χ3n) is 3.77. The van der Waals surface area contributed by atoms with E-state index in [1.807, 2.05) is 0 Å². The second-order valence-electron chi connectivity index (χ2n) is 6.13. The molecule has 0 N–H and O–H groups in total. The van der Waals surface area contributed by atoms with Gasteiger partial charge in [-0.1, -0.05) is 65.2 Å². The highest BCUT2D eigenvalue weighted by Gasteiger charge is 2.07. The fourth-order valence-electron chi connectivity index (χ4n) is 2.52. The summed E-state index contributed by atoms with van der Waals surface area (Å²) in [6, 6.07) is 0. The molecule has 0 saturated heterocycles. The van der Waals surface area contributed by atoms with E-state index < -0.39 is 0 Å². The fourth-order valence-corrected chi connectivity index (χ4v) is 8.48. The summed E-state index contributed by atoms with van der Waals surface area (Å²) in [5.74, 6) is 1.59. The zero-order valence-electron chi connectivity index (χ0n) is 14.9. The first-order chi connectivity index (χ1) is 9.20. The molecule has 0 saturated carbocycles. The Morgan fingerprint density at radius 1 is 0.524 bits per heavy atom. The van der Waals surface area contributed by atoms with Gasteiger partial charge in [0.15, 0.2) is 0 Å². The van der Waals surface area contributed by atoms with Crippen molar-refractivity contribution >= 4 is 49.8 Å². The first kappa shape index (κ1) is 27.7. The van der Waals surface area contributed by atoms with Gasteiger partial charge in [-0.05, 0) is 44.4 Å². The Bertz CT molecular complexity index is 162. The van der Waals surface area contributed by atoms with Gasteiger partial charge < -0.3 is 0 Å². The van der Waals surface area contributed by atoms with Crippen LogP contribution in [0.1, 0.15) is 78.1 Å². The van der Waals surface area contributed by atoms with E-state index >= 15 is 0 Å². The Kier molecular flexibility index (Phi) is 28.7. The van der Waals surface area contributed by atoms with Gasteiger partial charge in [-0.2, -0.15) is 0 Å². The van der Waals surface area contributed by atoms with Crippen LogP contribution in [-0.2, 0) is 0 Å². The first-order valence-electron chi connectivity index (χ1n) is 8.57. The van der Waals surface area contributed by atoms with Crippen LogP contribution in [0.15, 0.2) is 0 Å². The summed E-state index contributed by atoms with van der Waals surface area (Å²) in [6.07, 6.45) is 17.6. The van der Waals surface area contributed by atoms with Crippen molar-refractivity contribution in [3.63, 3.8) is 0 Å². The van der Waals surface area contributed by atoms with Gasteiger partial charge in [-0.3, -0.25) is 0 Å². The average molecular weight is 466 g/mol. The lowest BCUT2D eigenvalue weighted by atomic mass is 10.2. The Balaban J connectivity index is -0.00000162. The molecule has 0 fully saturated rings. The third kappa shape index (κ3) is 21.8. The summed E-state index contributed by atoms with van der Waals surface area (Å²) in [5, 5.41) is 0. The summed E-state index contributed by atoms with van der Waals surface area (Å²) < 4.78 is 0. The number of rotatable bonds is 14. The molecule has 132 valence electrons. The Labute approximate surface area is 159 Å². The lowest BCUT2D eigenvalue weighted by molar-refractivity contribution is 0.658. The zero-order valence-corrected chi connectivity index (χ0v) is 20.1. The normalized spacial score (nSPS) is 13.1. The van der Waals surface area contributed by atoms with Crippen LogP contribution in [0.5, 0.6) is 0 Å². The van der Waals surface area contributed by atoms with E-state index in [2.05, 4.69) is 27.2 Å². The number of hydrogen-bond donors (Lipinski definition) is 0. The van der Waals surface area contributed by atoms with Crippen LogP contribution < -0.4 is 0 Å². The lowest BCUT2D eigenvalue weighted by Gasteiger charge is -2.18. The van der Waals surface area contributed by atoms with Gasteiger partial charge in [0, 0.05) is 0 Å². The Hall–Kier alpha value is 1.82. The predicted octanol–water partition coefficient (Wildman–Crippen LogP) is 8.26. The molecule has 0 aromatic carbocycles. The molecule has 0 nitrogen and oxygen atoms in total. The van der Waals surface area contributed by atoms with Crippen molar-refractivity contribution in [1.82, 2.24) is 0 Å². The van der Waals surface area contributed by atoms with Crippen LogP contribution in [0.25, 0.3) is 0 Å². The average Bonchev–Trinajstić information content (AvgIpc) is 2.38. The maximum atomic E-state index is 2.55. The van der Waals surface area contributed by atoms with E-state index in [4.69, 9.17) is 0 Å². The second kappa shape index (κ2) is 21.8. The van der Waals surface area contributed by atoms with Gasteiger partial charge in [0.05, 0.1) is 0 Å². The molecule has 0 amide bonds. The smallest absolute Gasteiger partial charge is 0.0125 e. The minimum atomic E-state index is 0. The molecule has 0 aliphatic rings. The molecule has 2 unspecified atom stereocenters. The highest BCUT2D eigenvalue weighted by atomic mass is 79.9. The largest absolute Gasteiger partial charge is 0.114 e. The van der Waals surface area contributed by atoms with Gasteiger partial charge in [-0.15, -0.1) is 49.8 Å². The maximum absolute atomic E-state index is 2.55. The van der Waals surface area contributed by atoms with Crippen LogP contribution in [0.4, 0.5) is 0 Å². The molecule has 0 aliphatic heterocycles. The van der Waals surface area contributed by atoms with Crippen molar-refractivity contribution in [2.24, 2.45) is 0 Å². The minimum Gasteiger partial charge on any atom is -0.114 e. The fraction of sp³-hybridized carbons (Fsp3) is 1.00. The van der Waals surface area contributed by atoms with E-state index in [-0.39, 0.29) is 34.0 Å².